The molecule has 0 saturated carbocycles. The van der Waals surface area contributed by atoms with E-state index in [1.54, 1.807) is 27.7 Å². The van der Waals surface area contributed by atoms with Gasteiger partial charge in [0.05, 0.1) is 5.41 Å². The maximum Gasteiger partial charge on any atom is 0.310 e. The van der Waals surface area contributed by atoms with Crippen LogP contribution in [0.3, 0.4) is 0 Å². The zero-order valence-electron chi connectivity index (χ0n) is 9.70. The van der Waals surface area contributed by atoms with Crippen LogP contribution >= 0.6 is 0 Å². The maximum atomic E-state index is 11.5. The highest BCUT2D eigenvalue weighted by atomic mass is 16.4. The number of rotatable bonds is 5. The second kappa shape index (κ2) is 5.11. The van der Waals surface area contributed by atoms with E-state index in [0.29, 0.717) is 0 Å². The highest BCUT2D eigenvalue weighted by Crippen LogP contribution is 2.13. The lowest BCUT2D eigenvalue weighted by molar-refractivity contribution is -0.146. The van der Waals surface area contributed by atoms with Crippen LogP contribution in [-0.4, -0.2) is 29.6 Å². The Kier molecular flexibility index (Phi) is 4.74. The molecule has 0 saturated heterocycles. The maximum absolute atomic E-state index is 11.5. The molecule has 0 aromatic carbocycles. The Hall–Kier alpha value is -1.10. The third-order valence-corrected chi connectivity index (χ3v) is 2.49. The lowest BCUT2D eigenvalue weighted by atomic mass is 9.93. The van der Waals surface area contributed by atoms with Gasteiger partial charge >= 0.3 is 5.97 Å². The van der Waals surface area contributed by atoms with Crippen LogP contribution in [0.4, 0.5) is 0 Å². The van der Waals surface area contributed by atoms with Crippen molar-refractivity contribution in [2.45, 2.75) is 33.7 Å². The number of carboxylic acid groups (broad SMARTS) is 1. The van der Waals surface area contributed by atoms with E-state index in [0.717, 1.165) is 0 Å². The molecular formula is C10H20N2O3. The van der Waals surface area contributed by atoms with E-state index >= 15 is 0 Å². The predicted molar refractivity (Wildman–Crippen MR) is 57.2 cm³/mol. The Morgan fingerprint density at radius 3 is 2.20 bits per heavy atom. The standard InChI is InChI=1S/C10H20N2O3/c1-6(7(2)11)8(13)12-5-10(3,4)9(14)15/h6-7H,5,11H2,1-4H3,(H,12,13)(H,14,15). The zero-order valence-corrected chi connectivity index (χ0v) is 9.70. The topological polar surface area (TPSA) is 92.4 Å². The van der Waals surface area contributed by atoms with Crippen molar-refractivity contribution in [1.82, 2.24) is 5.32 Å². The Morgan fingerprint density at radius 2 is 1.87 bits per heavy atom. The third-order valence-electron chi connectivity index (χ3n) is 2.49. The molecule has 1 amide bonds. The lowest BCUT2D eigenvalue weighted by Gasteiger charge is -2.22. The molecule has 5 heteroatoms. The van der Waals surface area contributed by atoms with E-state index in [1.165, 1.54) is 0 Å². The van der Waals surface area contributed by atoms with Crippen LogP contribution in [-0.2, 0) is 9.59 Å². The van der Waals surface area contributed by atoms with Crippen LogP contribution in [0.25, 0.3) is 0 Å². The number of hydrogen-bond donors (Lipinski definition) is 3. The summed E-state index contributed by atoms with van der Waals surface area (Å²) >= 11 is 0. The second-order valence-corrected chi connectivity index (χ2v) is 4.55. The number of hydrogen-bond acceptors (Lipinski definition) is 3. The minimum atomic E-state index is -0.951. The highest BCUT2D eigenvalue weighted by molar-refractivity contribution is 5.80. The molecule has 0 aromatic heterocycles. The summed E-state index contributed by atoms with van der Waals surface area (Å²) in [6.45, 7) is 6.69. The van der Waals surface area contributed by atoms with Gasteiger partial charge in [-0.05, 0) is 20.8 Å². The summed E-state index contributed by atoms with van der Waals surface area (Å²) < 4.78 is 0. The smallest absolute Gasteiger partial charge is 0.310 e. The molecule has 0 aliphatic heterocycles. The number of carbonyl (C=O) groups excluding carboxylic acids is 1. The molecule has 0 rings (SSSR count). The molecule has 0 aromatic rings. The molecule has 0 aliphatic carbocycles. The van der Waals surface area contributed by atoms with E-state index in [9.17, 15) is 9.59 Å². The fraction of sp³-hybridized carbons (Fsp3) is 0.800. The third kappa shape index (κ3) is 4.29. The van der Waals surface area contributed by atoms with Crippen LogP contribution in [0, 0.1) is 11.3 Å². The summed E-state index contributed by atoms with van der Waals surface area (Å²) in [5, 5.41) is 11.4. The zero-order chi connectivity index (χ0) is 12.2. The van der Waals surface area contributed by atoms with Crippen LogP contribution in [0.15, 0.2) is 0 Å². The number of amides is 1. The van der Waals surface area contributed by atoms with Gasteiger partial charge in [0.1, 0.15) is 0 Å². The van der Waals surface area contributed by atoms with Crippen molar-refractivity contribution in [2.75, 3.05) is 6.54 Å². The number of aliphatic carboxylic acids is 1. The molecule has 2 atom stereocenters. The van der Waals surface area contributed by atoms with Gasteiger partial charge in [-0.25, -0.2) is 0 Å². The Balaban J connectivity index is 4.18. The Morgan fingerprint density at radius 1 is 1.40 bits per heavy atom. The molecule has 0 bridgehead atoms. The van der Waals surface area contributed by atoms with Gasteiger partial charge in [-0.2, -0.15) is 0 Å². The normalized spacial score (nSPS) is 15.5. The average molecular weight is 216 g/mol. The van der Waals surface area contributed by atoms with E-state index in [2.05, 4.69) is 5.32 Å². The number of nitrogens with one attached hydrogen (secondary N) is 1. The summed E-state index contributed by atoms with van der Waals surface area (Å²) in [5.41, 5.74) is 4.61. The molecule has 5 nitrogen and oxygen atoms in total. The van der Waals surface area contributed by atoms with Gasteiger partial charge in [-0.1, -0.05) is 6.92 Å². The number of carboxylic acids is 1. The summed E-state index contributed by atoms with van der Waals surface area (Å²) in [6.07, 6.45) is 0. The van der Waals surface area contributed by atoms with E-state index in [1.807, 2.05) is 0 Å². The lowest BCUT2D eigenvalue weighted by Crippen LogP contribution is -2.44. The summed E-state index contributed by atoms with van der Waals surface area (Å²) in [4.78, 5) is 22.2. The predicted octanol–water partition coefficient (Wildman–Crippen LogP) is 0.197. The van der Waals surface area contributed by atoms with Crippen molar-refractivity contribution in [3.05, 3.63) is 0 Å². The fourth-order valence-corrected chi connectivity index (χ4v) is 0.783. The molecule has 4 N–H and O–H groups in total. The molecule has 0 fully saturated rings. The van der Waals surface area contributed by atoms with Crippen molar-refractivity contribution in [1.29, 1.82) is 0 Å². The molecule has 2 unspecified atom stereocenters. The first-order valence-electron chi connectivity index (χ1n) is 4.95. The monoisotopic (exact) mass is 216 g/mol. The molecule has 0 heterocycles. The molecule has 0 aliphatic rings. The first-order valence-corrected chi connectivity index (χ1v) is 4.95. The van der Waals surface area contributed by atoms with Gasteiger partial charge in [0.25, 0.3) is 0 Å². The Labute approximate surface area is 90.0 Å². The van der Waals surface area contributed by atoms with E-state index in [-0.39, 0.29) is 24.4 Å². The molecule has 15 heavy (non-hydrogen) atoms. The van der Waals surface area contributed by atoms with Gasteiger partial charge < -0.3 is 16.2 Å². The first kappa shape index (κ1) is 13.9. The quantitative estimate of drug-likeness (QED) is 0.612. The molecule has 0 spiro atoms. The minimum absolute atomic E-state index is 0.109. The second-order valence-electron chi connectivity index (χ2n) is 4.55. The SMILES string of the molecule is CC(N)C(C)C(=O)NCC(C)(C)C(=O)O. The first-order chi connectivity index (χ1) is 6.68. The number of carbonyl (C=O) groups is 2. The molecular weight excluding hydrogens is 196 g/mol. The minimum Gasteiger partial charge on any atom is -0.481 e. The van der Waals surface area contributed by atoms with Gasteiger partial charge in [-0.15, -0.1) is 0 Å². The van der Waals surface area contributed by atoms with Gasteiger partial charge in [0.15, 0.2) is 0 Å². The fourth-order valence-electron chi connectivity index (χ4n) is 0.783. The van der Waals surface area contributed by atoms with Crippen LogP contribution < -0.4 is 11.1 Å². The summed E-state index contributed by atoms with van der Waals surface area (Å²) in [5.74, 6) is -1.45. The molecule has 0 radical (unpaired) electrons. The van der Waals surface area contributed by atoms with Gasteiger partial charge in [-0.3, -0.25) is 9.59 Å². The average Bonchev–Trinajstić information content (AvgIpc) is 2.12. The Bertz CT molecular complexity index is 249. The van der Waals surface area contributed by atoms with Crippen LogP contribution in [0.5, 0.6) is 0 Å². The van der Waals surface area contributed by atoms with Gasteiger partial charge in [0, 0.05) is 18.5 Å². The van der Waals surface area contributed by atoms with Crippen molar-refractivity contribution in [2.24, 2.45) is 17.1 Å². The highest BCUT2D eigenvalue weighted by Gasteiger charge is 2.28. The number of nitrogens with two attached hydrogens (primary N) is 1. The van der Waals surface area contributed by atoms with Crippen LogP contribution in [0.1, 0.15) is 27.7 Å². The van der Waals surface area contributed by atoms with E-state index in [4.69, 9.17) is 10.8 Å². The van der Waals surface area contributed by atoms with Crippen molar-refractivity contribution in [3.63, 3.8) is 0 Å². The van der Waals surface area contributed by atoms with Gasteiger partial charge in [0.2, 0.25) is 5.91 Å². The van der Waals surface area contributed by atoms with Crippen molar-refractivity contribution < 1.29 is 14.7 Å². The van der Waals surface area contributed by atoms with E-state index < -0.39 is 11.4 Å². The van der Waals surface area contributed by atoms with Crippen molar-refractivity contribution >= 4 is 11.9 Å². The van der Waals surface area contributed by atoms with Crippen molar-refractivity contribution in [3.8, 4) is 0 Å². The summed E-state index contributed by atoms with van der Waals surface area (Å²) in [7, 11) is 0. The summed E-state index contributed by atoms with van der Waals surface area (Å²) in [6, 6.07) is -0.238. The molecule has 88 valence electrons. The van der Waals surface area contributed by atoms with Crippen LogP contribution in [0.2, 0.25) is 0 Å². The largest absolute Gasteiger partial charge is 0.481 e.